The fourth-order valence-electron chi connectivity index (χ4n) is 5.17. The molecular formula is C18H19FN4O3S. The molecule has 5 rings (SSSR count). The Morgan fingerprint density at radius 3 is 2.44 bits per heavy atom. The number of amides is 1. The van der Waals surface area contributed by atoms with Crippen molar-refractivity contribution in [2.24, 2.45) is 22.1 Å². The zero-order valence-electron chi connectivity index (χ0n) is 14.5. The number of azo groups is 1. The second-order valence-corrected chi connectivity index (χ2v) is 9.54. The average Bonchev–Trinajstić information content (AvgIpc) is 3.42. The molecule has 0 spiro atoms. The summed E-state index contributed by atoms with van der Waals surface area (Å²) in [5.74, 6) is -0.312. The topological polar surface area (TPSA) is 82.4 Å². The van der Waals surface area contributed by atoms with Gasteiger partial charge >= 0.3 is 0 Å². The van der Waals surface area contributed by atoms with Crippen LogP contribution in [0.25, 0.3) is 0 Å². The third kappa shape index (κ3) is 2.48. The van der Waals surface area contributed by atoms with Crippen molar-refractivity contribution in [3.05, 3.63) is 41.9 Å². The van der Waals surface area contributed by atoms with E-state index in [2.05, 4.69) is 10.2 Å². The predicted octanol–water partition coefficient (Wildman–Crippen LogP) is 1.79. The molecule has 27 heavy (non-hydrogen) atoms. The van der Waals surface area contributed by atoms with Gasteiger partial charge in [0.05, 0.1) is 23.2 Å². The van der Waals surface area contributed by atoms with Gasteiger partial charge < -0.3 is 4.90 Å². The average molecular weight is 390 g/mol. The van der Waals surface area contributed by atoms with E-state index in [-0.39, 0.29) is 34.7 Å². The van der Waals surface area contributed by atoms with Crippen molar-refractivity contribution in [1.29, 1.82) is 0 Å². The summed E-state index contributed by atoms with van der Waals surface area (Å²) >= 11 is 0. The zero-order chi connectivity index (χ0) is 18.8. The number of hydrogen-bond donors (Lipinski definition) is 0. The summed E-state index contributed by atoms with van der Waals surface area (Å²) < 4.78 is 40.8. The molecule has 4 atom stereocenters. The molecule has 0 aromatic heterocycles. The summed E-state index contributed by atoms with van der Waals surface area (Å²) in [6.45, 7) is 1.08. The van der Waals surface area contributed by atoms with Crippen LogP contribution in [0.5, 0.6) is 0 Å². The fraction of sp³-hybridized carbons (Fsp3) is 0.500. The SMILES string of the molecule is O=C(C1=CN=NC1)N1[C@@H]2CC[C@H]1[C@H]1CN(S(=O)(=O)c3cccc(F)c3)C[C@H]12. The van der Waals surface area contributed by atoms with Crippen LogP contribution in [-0.4, -0.2) is 55.2 Å². The molecule has 142 valence electrons. The van der Waals surface area contributed by atoms with Crippen molar-refractivity contribution in [1.82, 2.24) is 9.21 Å². The summed E-state index contributed by atoms with van der Waals surface area (Å²) in [6.07, 6.45) is 3.32. The lowest BCUT2D eigenvalue weighted by Gasteiger charge is -2.27. The second kappa shape index (κ2) is 5.93. The number of carbonyl (C=O) groups excluding carboxylic acids is 1. The van der Waals surface area contributed by atoms with E-state index < -0.39 is 15.8 Å². The van der Waals surface area contributed by atoms with Gasteiger partial charge in [0.25, 0.3) is 5.91 Å². The van der Waals surface area contributed by atoms with Crippen LogP contribution in [0.2, 0.25) is 0 Å². The van der Waals surface area contributed by atoms with Crippen molar-refractivity contribution in [3.63, 3.8) is 0 Å². The minimum Gasteiger partial charge on any atom is -0.332 e. The van der Waals surface area contributed by atoms with Gasteiger partial charge in [-0.3, -0.25) is 4.79 Å². The van der Waals surface area contributed by atoms with Crippen molar-refractivity contribution in [2.75, 3.05) is 19.6 Å². The quantitative estimate of drug-likeness (QED) is 0.789. The molecule has 3 fully saturated rings. The summed E-state index contributed by atoms with van der Waals surface area (Å²) in [4.78, 5) is 14.8. The van der Waals surface area contributed by atoms with Gasteiger partial charge in [-0.1, -0.05) is 6.07 Å². The molecule has 1 aromatic carbocycles. The molecule has 4 heterocycles. The maximum atomic E-state index is 13.5. The smallest absolute Gasteiger partial charge is 0.253 e. The maximum absolute atomic E-state index is 13.5. The first kappa shape index (κ1) is 17.0. The summed E-state index contributed by atoms with van der Waals surface area (Å²) in [7, 11) is -3.73. The van der Waals surface area contributed by atoms with Gasteiger partial charge in [0.1, 0.15) is 5.82 Å². The molecule has 0 saturated carbocycles. The van der Waals surface area contributed by atoms with Crippen LogP contribution in [0, 0.1) is 17.7 Å². The molecule has 9 heteroatoms. The van der Waals surface area contributed by atoms with E-state index in [9.17, 15) is 17.6 Å². The highest BCUT2D eigenvalue weighted by molar-refractivity contribution is 7.89. The van der Waals surface area contributed by atoms with Gasteiger partial charge in [-0.25, -0.2) is 12.8 Å². The standard InChI is InChI=1S/C18H19FN4O3S/c19-12-2-1-3-13(6-12)27(25,26)22-9-14-15(10-22)17-5-4-16(14)23(17)18(24)11-7-20-21-8-11/h1-3,6-7,14-17H,4-5,8-10H2/t14-,15+,16-,17+. The molecule has 7 nitrogen and oxygen atoms in total. The van der Waals surface area contributed by atoms with Gasteiger partial charge in [0.15, 0.2) is 0 Å². The van der Waals surface area contributed by atoms with Crippen LogP contribution >= 0.6 is 0 Å². The first-order valence-electron chi connectivity index (χ1n) is 9.11. The van der Waals surface area contributed by atoms with E-state index in [4.69, 9.17) is 0 Å². The van der Waals surface area contributed by atoms with Crippen LogP contribution < -0.4 is 0 Å². The van der Waals surface area contributed by atoms with E-state index in [0.717, 1.165) is 18.9 Å². The van der Waals surface area contributed by atoms with Gasteiger partial charge in [-0.05, 0) is 42.9 Å². The fourth-order valence-corrected chi connectivity index (χ4v) is 6.71. The number of nitrogens with zero attached hydrogens (tertiary/aromatic N) is 4. The third-order valence-electron chi connectivity index (χ3n) is 6.32. The summed E-state index contributed by atoms with van der Waals surface area (Å²) in [5, 5.41) is 7.63. The van der Waals surface area contributed by atoms with Crippen LogP contribution in [0.15, 0.2) is 51.2 Å². The lowest BCUT2D eigenvalue weighted by atomic mass is 9.82. The number of benzene rings is 1. The Bertz CT molecular complexity index is 957. The Balaban J connectivity index is 1.38. The van der Waals surface area contributed by atoms with Crippen molar-refractivity contribution in [3.8, 4) is 0 Å². The van der Waals surface area contributed by atoms with E-state index in [0.29, 0.717) is 25.2 Å². The minimum absolute atomic E-state index is 0.0120. The first-order chi connectivity index (χ1) is 13.0. The van der Waals surface area contributed by atoms with Crippen LogP contribution in [0.3, 0.4) is 0 Å². The molecular weight excluding hydrogens is 371 g/mol. The van der Waals surface area contributed by atoms with Crippen LogP contribution in [-0.2, 0) is 14.8 Å². The van der Waals surface area contributed by atoms with E-state index in [1.54, 1.807) is 0 Å². The first-order valence-corrected chi connectivity index (χ1v) is 10.5. The Hall–Kier alpha value is -2.13. The number of sulfonamides is 1. The molecule has 4 aliphatic rings. The molecule has 3 saturated heterocycles. The van der Waals surface area contributed by atoms with Gasteiger partial charge in [0, 0.05) is 25.2 Å². The molecule has 1 aromatic rings. The van der Waals surface area contributed by atoms with Gasteiger partial charge in [-0.15, -0.1) is 0 Å². The van der Waals surface area contributed by atoms with Crippen LogP contribution in [0.4, 0.5) is 4.39 Å². The molecule has 0 radical (unpaired) electrons. The highest BCUT2D eigenvalue weighted by Gasteiger charge is 2.59. The van der Waals surface area contributed by atoms with E-state index in [1.807, 2.05) is 4.90 Å². The summed E-state index contributed by atoms with van der Waals surface area (Å²) in [5.41, 5.74) is 0.608. The van der Waals surface area contributed by atoms with Crippen LogP contribution in [0.1, 0.15) is 12.8 Å². The number of halogens is 1. The predicted molar refractivity (Wildman–Crippen MR) is 93.6 cm³/mol. The molecule has 0 aliphatic carbocycles. The third-order valence-corrected chi connectivity index (χ3v) is 8.15. The van der Waals surface area contributed by atoms with Crippen molar-refractivity contribution in [2.45, 2.75) is 29.8 Å². The highest BCUT2D eigenvalue weighted by Crippen LogP contribution is 2.50. The Morgan fingerprint density at radius 2 is 1.85 bits per heavy atom. The Labute approximate surface area is 156 Å². The molecule has 1 amide bonds. The van der Waals surface area contributed by atoms with Crippen molar-refractivity contribution < 1.29 is 17.6 Å². The Morgan fingerprint density at radius 1 is 1.15 bits per heavy atom. The normalized spacial score (nSPS) is 32.2. The number of carbonyl (C=O) groups is 1. The van der Waals surface area contributed by atoms with Gasteiger partial charge in [0.2, 0.25) is 10.0 Å². The van der Waals surface area contributed by atoms with Crippen molar-refractivity contribution >= 4 is 15.9 Å². The zero-order valence-corrected chi connectivity index (χ0v) is 15.3. The lowest BCUT2D eigenvalue weighted by molar-refractivity contribution is -0.128. The summed E-state index contributed by atoms with van der Waals surface area (Å²) in [6, 6.07) is 5.25. The second-order valence-electron chi connectivity index (χ2n) is 7.60. The number of hydrogen-bond acceptors (Lipinski definition) is 5. The molecule has 0 N–H and O–H groups in total. The van der Waals surface area contributed by atoms with E-state index in [1.165, 1.54) is 28.7 Å². The largest absolute Gasteiger partial charge is 0.332 e. The van der Waals surface area contributed by atoms with E-state index >= 15 is 0 Å². The lowest BCUT2D eigenvalue weighted by Crippen LogP contribution is -2.42. The van der Waals surface area contributed by atoms with Gasteiger partial charge in [-0.2, -0.15) is 14.5 Å². The minimum atomic E-state index is -3.73. The maximum Gasteiger partial charge on any atom is 0.253 e. The molecule has 4 aliphatic heterocycles. The Kier molecular flexibility index (Phi) is 3.74. The number of rotatable bonds is 3. The molecule has 0 unspecified atom stereocenters. The highest BCUT2D eigenvalue weighted by atomic mass is 32.2. The monoisotopic (exact) mass is 390 g/mol. The molecule has 2 bridgehead atoms. The number of fused-ring (bicyclic) bond motifs is 5.